The molecule has 0 aliphatic carbocycles. The van der Waals surface area contributed by atoms with Crippen molar-refractivity contribution in [3.8, 4) is 5.75 Å². The molecule has 1 aliphatic heterocycles. The summed E-state index contributed by atoms with van der Waals surface area (Å²) in [6, 6.07) is 16.1. The van der Waals surface area contributed by atoms with Gasteiger partial charge >= 0.3 is 5.97 Å². The summed E-state index contributed by atoms with van der Waals surface area (Å²) in [7, 11) is 1.62. The molecule has 0 saturated heterocycles. The van der Waals surface area contributed by atoms with Crippen LogP contribution in [0.3, 0.4) is 0 Å². The van der Waals surface area contributed by atoms with Crippen LogP contribution < -0.4 is 14.5 Å². The van der Waals surface area contributed by atoms with Gasteiger partial charge in [-0.25, -0.2) is 0 Å². The van der Waals surface area contributed by atoms with Crippen LogP contribution in [0.15, 0.2) is 54.6 Å². The molecule has 1 atom stereocenters. The number of anilines is 2. The van der Waals surface area contributed by atoms with Crippen LogP contribution in [0, 0.1) is 0 Å². The topological polar surface area (TPSA) is 76.1 Å². The number of carbonyl (C=O) groups is 3. The van der Waals surface area contributed by atoms with Gasteiger partial charge in [-0.1, -0.05) is 30.3 Å². The second-order valence-electron chi connectivity index (χ2n) is 6.41. The van der Waals surface area contributed by atoms with Crippen LogP contribution in [-0.2, 0) is 19.1 Å². The fourth-order valence-corrected chi connectivity index (χ4v) is 2.96. The first kappa shape index (κ1) is 19.4. The predicted molar refractivity (Wildman–Crippen MR) is 104 cm³/mol. The van der Waals surface area contributed by atoms with Crippen LogP contribution >= 0.6 is 0 Å². The number of hydrogen-bond acceptors (Lipinski definition) is 5. The van der Waals surface area contributed by atoms with Crippen molar-refractivity contribution in [1.82, 2.24) is 0 Å². The number of benzene rings is 2. The lowest BCUT2D eigenvalue weighted by Crippen LogP contribution is -2.41. The number of amides is 2. The van der Waals surface area contributed by atoms with Crippen LogP contribution in [0.5, 0.6) is 5.75 Å². The van der Waals surface area contributed by atoms with Gasteiger partial charge in [-0.2, -0.15) is 0 Å². The SMILES string of the molecule is C[C@H](OC(=O)CN1C(=O)CCOc2ccccc21)C(=O)N(C)c1ccccc1. The Balaban J connectivity index is 1.66. The van der Waals surface area contributed by atoms with Gasteiger partial charge < -0.3 is 14.4 Å². The molecular formula is C21H22N2O5. The number of rotatable bonds is 5. The van der Waals surface area contributed by atoms with E-state index in [0.717, 1.165) is 0 Å². The van der Waals surface area contributed by atoms with E-state index in [0.29, 0.717) is 17.1 Å². The average Bonchev–Trinajstić information content (AvgIpc) is 2.86. The highest BCUT2D eigenvalue weighted by Gasteiger charge is 2.28. The number of hydrogen-bond donors (Lipinski definition) is 0. The molecule has 2 aromatic carbocycles. The zero-order chi connectivity index (χ0) is 20.1. The van der Waals surface area contributed by atoms with Crippen molar-refractivity contribution >= 4 is 29.2 Å². The molecule has 146 valence electrons. The fourth-order valence-electron chi connectivity index (χ4n) is 2.96. The monoisotopic (exact) mass is 382 g/mol. The number of para-hydroxylation sites is 3. The zero-order valence-electron chi connectivity index (χ0n) is 15.8. The van der Waals surface area contributed by atoms with Crippen LogP contribution in [0.2, 0.25) is 0 Å². The van der Waals surface area contributed by atoms with E-state index in [9.17, 15) is 14.4 Å². The van der Waals surface area contributed by atoms with Crippen molar-refractivity contribution in [3.63, 3.8) is 0 Å². The third-order valence-corrected chi connectivity index (χ3v) is 4.45. The minimum Gasteiger partial charge on any atom is -0.491 e. The highest BCUT2D eigenvalue weighted by Crippen LogP contribution is 2.30. The Kier molecular flexibility index (Phi) is 5.93. The predicted octanol–water partition coefficient (Wildman–Crippen LogP) is 2.40. The Bertz CT molecular complexity index is 868. The molecule has 7 heteroatoms. The normalized spacial score (nSPS) is 14.4. The molecule has 0 radical (unpaired) electrons. The van der Waals surface area contributed by atoms with Crippen molar-refractivity contribution in [2.75, 3.05) is 30.0 Å². The van der Waals surface area contributed by atoms with Crippen LogP contribution in [0.4, 0.5) is 11.4 Å². The quantitative estimate of drug-likeness (QED) is 0.742. The largest absolute Gasteiger partial charge is 0.491 e. The van der Waals surface area contributed by atoms with Crippen molar-refractivity contribution in [1.29, 1.82) is 0 Å². The maximum Gasteiger partial charge on any atom is 0.326 e. The lowest BCUT2D eigenvalue weighted by Gasteiger charge is -2.24. The second-order valence-corrected chi connectivity index (χ2v) is 6.41. The summed E-state index contributed by atoms with van der Waals surface area (Å²) in [5.41, 5.74) is 1.21. The Morgan fingerprint density at radius 3 is 2.57 bits per heavy atom. The van der Waals surface area contributed by atoms with E-state index in [1.165, 1.54) is 16.7 Å². The van der Waals surface area contributed by atoms with Gasteiger partial charge in [0.05, 0.1) is 18.7 Å². The van der Waals surface area contributed by atoms with E-state index in [2.05, 4.69) is 0 Å². The summed E-state index contributed by atoms with van der Waals surface area (Å²) >= 11 is 0. The maximum atomic E-state index is 12.5. The lowest BCUT2D eigenvalue weighted by atomic mass is 10.2. The van der Waals surface area contributed by atoms with Gasteiger partial charge in [-0.3, -0.25) is 19.3 Å². The first-order valence-electron chi connectivity index (χ1n) is 9.01. The average molecular weight is 382 g/mol. The molecule has 0 unspecified atom stereocenters. The molecule has 0 fully saturated rings. The summed E-state index contributed by atoms with van der Waals surface area (Å²) in [4.78, 5) is 40.1. The van der Waals surface area contributed by atoms with E-state index >= 15 is 0 Å². The first-order valence-corrected chi connectivity index (χ1v) is 9.01. The lowest BCUT2D eigenvalue weighted by molar-refractivity contribution is -0.152. The number of esters is 1. The van der Waals surface area contributed by atoms with E-state index in [1.54, 1.807) is 43.4 Å². The Labute approximate surface area is 163 Å². The van der Waals surface area contributed by atoms with Crippen molar-refractivity contribution in [2.45, 2.75) is 19.4 Å². The van der Waals surface area contributed by atoms with E-state index in [-0.39, 0.29) is 31.4 Å². The van der Waals surface area contributed by atoms with Crippen LogP contribution in [0.1, 0.15) is 13.3 Å². The van der Waals surface area contributed by atoms with Crippen molar-refractivity contribution in [3.05, 3.63) is 54.6 Å². The molecule has 0 bridgehead atoms. The first-order chi connectivity index (χ1) is 13.5. The van der Waals surface area contributed by atoms with Gasteiger partial charge in [0.1, 0.15) is 12.3 Å². The minimum absolute atomic E-state index is 0.160. The van der Waals surface area contributed by atoms with Gasteiger partial charge in [0.15, 0.2) is 6.10 Å². The van der Waals surface area contributed by atoms with E-state index in [1.807, 2.05) is 18.2 Å². The maximum absolute atomic E-state index is 12.5. The molecule has 7 nitrogen and oxygen atoms in total. The highest BCUT2D eigenvalue weighted by molar-refractivity contribution is 6.00. The number of fused-ring (bicyclic) bond motifs is 1. The summed E-state index contributed by atoms with van der Waals surface area (Å²) < 4.78 is 10.9. The van der Waals surface area contributed by atoms with Crippen LogP contribution in [0.25, 0.3) is 0 Å². The van der Waals surface area contributed by atoms with Gasteiger partial charge in [0, 0.05) is 12.7 Å². The molecule has 3 rings (SSSR count). The summed E-state index contributed by atoms with van der Waals surface area (Å²) in [5, 5.41) is 0. The molecule has 0 saturated carbocycles. The van der Waals surface area contributed by atoms with Crippen molar-refractivity contribution in [2.24, 2.45) is 0 Å². The molecule has 1 heterocycles. The number of ether oxygens (including phenoxy) is 2. The molecule has 28 heavy (non-hydrogen) atoms. The summed E-state index contributed by atoms with van der Waals surface area (Å²) in [6.07, 6.45) is -0.820. The molecule has 0 spiro atoms. The Morgan fingerprint density at radius 1 is 1.14 bits per heavy atom. The highest BCUT2D eigenvalue weighted by atomic mass is 16.5. The number of carbonyl (C=O) groups excluding carboxylic acids is 3. The smallest absolute Gasteiger partial charge is 0.326 e. The molecular weight excluding hydrogens is 360 g/mol. The summed E-state index contributed by atoms with van der Waals surface area (Å²) in [6.45, 7) is 1.48. The molecule has 2 aromatic rings. The zero-order valence-corrected chi connectivity index (χ0v) is 15.8. The van der Waals surface area contributed by atoms with E-state index in [4.69, 9.17) is 9.47 Å². The Hall–Kier alpha value is -3.35. The third kappa shape index (κ3) is 4.31. The molecule has 0 N–H and O–H groups in total. The van der Waals surface area contributed by atoms with E-state index < -0.39 is 12.1 Å². The minimum atomic E-state index is -0.980. The van der Waals surface area contributed by atoms with Gasteiger partial charge in [0.25, 0.3) is 5.91 Å². The van der Waals surface area contributed by atoms with Crippen LogP contribution in [-0.4, -0.2) is 44.1 Å². The third-order valence-electron chi connectivity index (χ3n) is 4.45. The van der Waals surface area contributed by atoms with Gasteiger partial charge in [-0.05, 0) is 31.2 Å². The Morgan fingerprint density at radius 2 is 1.82 bits per heavy atom. The standard InChI is InChI=1S/C21H22N2O5/c1-15(21(26)22(2)16-8-4-3-5-9-16)28-20(25)14-23-17-10-6-7-11-18(17)27-13-12-19(23)24/h3-11,15H,12-14H2,1-2H3/t15-/m0/s1. The molecule has 1 aliphatic rings. The summed E-state index contributed by atoms with van der Waals surface area (Å²) in [5.74, 6) is -0.714. The number of nitrogens with zero attached hydrogens (tertiary/aromatic N) is 2. The molecule has 0 aromatic heterocycles. The van der Waals surface area contributed by atoms with Gasteiger partial charge in [0.2, 0.25) is 5.91 Å². The number of likely N-dealkylation sites (N-methyl/N-ethyl adjacent to an activating group) is 1. The second kappa shape index (κ2) is 8.56. The fraction of sp³-hybridized carbons (Fsp3) is 0.286. The molecule has 2 amide bonds. The van der Waals surface area contributed by atoms with Crippen molar-refractivity contribution < 1.29 is 23.9 Å². The van der Waals surface area contributed by atoms with Gasteiger partial charge in [-0.15, -0.1) is 0 Å².